The lowest BCUT2D eigenvalue weighted by Gasteiger charge is -2.13. The van der Waals surface area contributed by atoms with Gasteiger partial charge in [-0.05, 0) is 12.3 Å². The molecule has 15 heavy (non-hydrogen) atoms. The van der Waals surface area contributed by atoms with Crippen molar-refractivity contribution in [3.63, 3.8) is 0 Å². The van der Waals surface area contributed by atoms with Crippen LogP contribution < -0.4 is 5.32 Å². The number of nitrogens with one attached hydrogen (secondary N) is 1. The Morgan fingerprint density at radius 2 is 2.27 bits per heavy atom. The topological polar surface area (TPSA) is 62.1 Å². The minimum atomic E-state index is -0.350. The van der Waals surface area contributed by atoms with E-state index in [0.717, 1.165) is 6.42 Å². The minimum Gasteiger partial charge on any atom is -0.384 e. The molecule has 0 aliphatic rings. The van der Waals surface area contributed by atoms with Crippen molar-refractivity contribution in [1.29, 1.82) is 5.26 Å². The number of methoxy groups -OCH3 is 1. The van der Waals surface area contributed by atoms with E-state index in [0.29, 0.717) is 19.4 Å². The monoisotopic (exact) mass is 212 g/mol. The highest BCUT2D eigenvalue weighted by atomic mass is 16.5. The molecule has 0 rings (SSSR count). The van der Waals surface area contributed by atoms with Crippen LogP contribution in [0.1, 0.15) is 33.1 Å². The summed E-state index contributed by atoms with van der Waals surface area (Å²) in [7, 11) is 1.61. The predicted molar refractivity (Wildman–Crippen MR) is 58.1 cm³/mol. The average molecular weight is 212 g/mol. The van der Waals surface area contributed by atoms with Gasteiger partial charge in [-0.15, -0.1) is 0 Å². The summed E-state index contributed by atoms with van der Waals surface area (Å²) in [6.07, 6.45) is 2.02. The van der Waals surface area contributed by atoms with E-state index >= 15 is 0 Å². The number of hydrogen-bond acceptors (Lipinski definition) is 3. The summed E-state index contributed by atoms with van der Waals surface area (Å²) in [6.45, 7) is 4.51. The van der Waals surface area contributed by atoms with Crippen molar-refractivity contribution in [2.24, 2.45) is 5.92 Å². The van der Waals surface area contributed by atoms with Gasteiger partial charge in [-0.3, -0.25) is 4.79 Å². The van der Waals surface area contributed by atoms with Crippen molar-refractivity contribution in [3.8, 4) is 6.07 Å². The highest BCUT2D eigenvalue weighted by molar-refractivity contribution is 5.76. The maximum absolute atomic E-state index is 11.5. The lowest BCUT2D eigenvalue weighted by molar-refractivity contribution is -0.122. The molecular weight excluding hydrogens is 192 g/mol. The number of carbonyl (C=O) groups is 1. The molecule has 1 amide bonds. The molecule has 0 aromatic rings. The molecule has 0 saturated heterocycles. The molecule has 0 bridgehead atoms. The Bertz CT molecular complexity index is 223. The van der Waals surface area contributed by atoms with E-state index in [9.17, 15) is 4.79 Å². The van der Waals surface area contributed by atoms with Gasteiger partial charge >= 0.3 is 0 Å². The molecule has 0 spiro atoms. The largest absolute Gasteiger partial charge is 0.384 e. The van der Waals surface area contributed by atoms with E-state index in [1.54, 1.807) is 7.11 Å². The van der Waals surface area contributed by atoms with Gasteiger partial charge in [-0.2, -0.15) is 5.26 Å². The molecule has 0 fully saturated rings. The first-order chi connectivity index (χ1) is 7.13. The average Bonchev–Trinajstić information content (AvgIpc) is 2.17. The maximum atomic E-state index is 11.5. The number of hydrogen-bond donors (Lipinski definition) is 1. The molecule has 0 radical (unpaired) electrons. The maximum Gasteiger partial charge on any atom is 0.221 e. The van der Waals surface area contributed by atoms with Gasteiger partial charge in [0.1, 0.15) is 6.04 Å². The number of ether oxygens (including phenoxy) is 1. The van der Waals surface area contributed by atoms with Gasteiger partial charge in [-0.25, -0.2) is 0 Å². The summed E-state index contributed by atoms with van der Waals surface area (Å²) < 4.78 is 4.94. The van der Waals surface area contributed by atoms with Crippen molar-refractivity contribution in [2.75, 3.05) is 13.7 Å². The second-order valence-corrected chi connectivity index (χ2v) is 3.80. The number of carbonyl (C=O) groups excluding carboxylic acids is 1. The van der Waals surface area contributed by atoms with Gasteiger partial charge in [0, 0.05) is 20.1 Å². The van der Waals surface area contributed by atoms with E-state index in [1.165, 1.54) is 0 Å². The Morgan fingerprint density at radius 3 is 2.73 bits per heavy atom. The van der Waals surface area contributed by atoms with E-state index in [4.69, 9.17) is 10.00 Å². The minimum absolute atomic E-state index is 0.0699. The quantitative estimate of drug-likeness (QED) is 0.695. The fraction of sp³-hybridized carbons (Fsp3) is 0.818. The fourth-order valence-electron chi connectivity index (χ4n) is 1.37. The molecule has 0 heterocycles. The standard InChI is InChI=1S/C11H20N2O2/c1-4-5-10(7-12)13-11(14)6-9(2)8-15-3/h9-10H,4-6,8H2,1-3H3,(H,13,14). The lowest BCUT2D eigenvalue weighted by atomic mass is 10.1. The zero-order valence-corrected chi connectivity index (χ0v) is 9.75. The van der Waals surface area contributed by atoms with Crippen molar-refractivity contribution in [3.05, 3.63) is 0 Å². The number of rotatable bonds is 7. The van der Waals surface area contributed by atoms with Gasteiger partial charge in [0.25, 0.3) is 0 Å². The van der Waals surface area contributed by atoms with Crippen LogP contribution in [0.3, 0.4) is 0 Å². The summed E-state index contributed by atoms with van der Waals surface area (Å²) in [4.78, 5) is 11.5. The SMILES string of the molecule is CCCC(C#N)NC(=O)CC(C)COC. The highest BCUT2D eigenvalue weighted by Crippen LogP contribution is 2.03. The predicted octanol–water partition coefficient (Wildman–Crippen LogP) is 1.47. The number of nitrogens with zero attached hydrogens (tertiary/aromatic N) is 1. The third-order valence-corrected chi connectivity index (χ3v) is 2.05. The third-order valence-electron chi connectivity index (χ3n) is 2.05. The van der Waals surface area contributed by atoms with E-state index in [1.807, 2.05) is 13.8 Å². The zero-order chi connectivity index (χ0) is 11.7. The molecule has 0 saturated carbocycles. The summed E-state index contributed by atoms with van der Waals surface area (Å²) >= 11 is 0. The van der Waals surface area contributed by atoms with Crippen LogP contribution in [0.25, 0.3) is 0 Å². The molecule has 4 nitrogen and oxygen atoms in total. The molecule has 86 valence electrons. The summed E-state index contributed by atoms with van der Waals surface area (Å²) in [5.41, 5.74) is 0. The number of amides is 1. The Kier molecular flexibility index (Phi) is 7.65. The first-order valence-corrected chi connectivity index (χ1v) is 5.31. The Balaban J connectivity index is 3.86. The van der Waals surface area contributed by atoms with Gasteiger partial charge in [0.15, 0.2) is 0 Å². The second-order valence-electron chi connectivity index (χ2n) is 3.80. The summed E-state index contributed by atoms with van der Waals surface area (Å²) in [5.74, 6) is 0.121. The lowest BCUT2D eigenvalue weighted by Crippen LogP contribution is -2.34. The smallest absolute Gasteiger partial charge is 0.221 e. The Hall–Kier alpha value is -1.08. The summed E-state index contributed by atoms with van der Waals surface area (Å²) in [6, 6.07) is 1.73. The van der Waals surface area contributed by atoms with E-state index < -0.39 is 0 Å². The number of nitriles is 1. The fourth-order valence-corrected chi connectivity index (χ4v) is 1.37. The molecule has 4 heteroatoms. The molecular formula is C11H20N2O2. The summed E-state index contributed by atoms with van der Waals surface area (Å²) in [5, 5.41) is 11.5. The van der Waals surface area contributed by atoms with Gasteiger partial charge in [0.05, 0.1) is 6.07 Å². The molecule has 1 N–H and O–H groups in total. The molecule has 0 aromatic heterocycles. The normalized spacial score (nSPS) is 14.0. The Morgan fingerprint density at radius 1 is 1.60 bits per heavy atom. The van der Waals surface area contributed by atoms with Gasteiger partial charge in [0.2, 0.25) is 5.91 Å². The van der Waals surface area contributed by atoms with Crippen LogP contribution in [-0.2, 0) is 9.53 Å². The van der Waals surface area contributed by atoms with Crippen LogP contribution in [0.5, 0.6) is 0 Å². The van der Waals surface area contributed by atoms with Crippen LogP contribution >= 0.6 is 0 Å². The van der Waals surface area contributed by atoms with Gasteiger partial charge in [-0.1, -0.05) is 20.3 Å². The van der Waals surface area contributed by atoms with Crippen molar-refractivity contribution >= 4 is 5.91 Å². The zero-order valence-electron chi connectivity index (χ0n) is 9.75. The van der Waals surface area contributed by atoms with Crippen molar-refractivity contribution < 1.29 is 9.53 Å². The van der Waals surface area contributed by atoms with Crippen molar-refractivity contribution in [2.45, 2.75) is 39.2 Å². The van der Waals surface area contributed by atoms with E-state index in [-0.39, 0.29) is 17.9 Å². The van der Waals surface area contributed by atoms with Crippen LogP contribution in [0.15, 0.2) is 0 Å². The van der Waals surface area contributed by atoms with E-state index in [2.05, 4.69) is 11.4 Å². The van der Waals surface area contributed by atoms with Crippen LogP contribution in [0, 0.1) is 17.2 Å². The van der Waals surface area contributed by atoms with Crippen LogP contribution in [0.2, 0.25) is 0 Å². The molecule has 0 aromatic carbocycles. The highest BCUT2D eigenvalue weighted by Gasteiger charge is 2.13. The van der Waals surface area contributed by atoms with Crippen LogP contribution in [0.4, 0.5) is 0 Å². The molecule has 0 aliphatic heterocycles. The van der Waals surface area contributed by atoms with Gasteiger partial charge < -0.3 is 10.1 Å². The second kappa shape index (κ2) is 8.25. The molecule has 2 atom stereocenters. The first-order valence-electron chi connectivity index (χ1n) is 5.31. The third kappa shape index (κ3) is 6.92. The van der Waals surface area contributed by atoms with Crippen LogP contribution in [-0.4, -0.2) is 25.7 Å². The van der Waals surface area contributed by atoms with Crippen molar-refractivity contribution in [1.82, 2.24) is 5.32 Å². The first kappa shape index (κ1) is 13.9. The molecule has 2 unspecified atom stereocenters. The molecule has 0 aliphatic carbocycles. The Labute approximate surface area is 91.6 Å².